The summed E-state index contributed by atoms with van der Waals surface area (Å²) < 4.78 is 4.57. The van der Waals surface area contributed by atoms with Gasteiger partial charge < -0.3 is 15.2 Å². The average molecular weight is 173 g/mol. The predicted molar refractivity (Wildman–Crippen MR) is 41.6 cm³/mol. The van der Waals surface area contributed by atoms with Crippen molar-refractivity contribution >= 4 is 12.1 Å². The van der Waals surface area contributed by atoms with Crippen LogP contribution in [0.15, 0.2) is 11.3 Å². The van der Waals surface area contributed by atoms with Crippen molar-refractivity contribution in [1.29, 1.82) is 0 Å². The molecular weight excluding hydrogens is 162 g/mol. The van der Waals surface area contributed by atoms with Gasteiger partial charge in [-0.1, -0.05) is 0 Å². The lowest BCUT2D eigenvalue weighted by atomic mass is 10.3. The fraction of sp³-hybridized carbons (Fsp3) is 0.429. The smallest absolute Gasteiger partial charge is 0.412 e. The number of alkyl carbamates (subject to hydrolysis) is 1. The fourth-order valence-corrected chi connectivity index (χ4v) is 0.417. The van der Waals surface area contributed by atoms with Crippen molar-refractivity contribution in [3.8, 4) is 0 Å². The lowest BCUT2D eigenvalue weighted by Gasteiger charge is -2.04. The highest BCUT2D eigenvalue weighted by Crippen LogP contribution is 2.04. The molecule has 0 heterocycles. The molecule has 2 N–H and O–H groups in total. The maximum Gasteiger partial charge on any atom is 0.412 e. The third-order valence-electron chi connectivity index (χ3n) is 1.30. The number of allylic oxidation sites excluding steroid dienone is 1. The molecule has 0 aromatic heterocycles. The Bertz CT molecular complexity index is 232. The number of rotatable bonds is 2. The van der Waals surface area contributed by atoms with Crippen molar-refractivity contribution in [2.75, 3.05) is 7.05 Å². The molecular formula is C7H11NO4. The zero-order valence-corrected chi connectivity index (χ0v) is 7.17. The zero-order valence-electron chi connectivity index (χ0n) is 7.17. The van der Waals surface area contributed by atoms with Crippen molar-refractivity contribution < 1.29 is 19.4 Å². The van der Waals surface area contributed by atoms with E-state index in [9.17, 15) is 9.59 Å². The molecule has 5 heteroatoms. The Morgan fingerprint density at radius 3 is 2.17 bits per heavy atom. The first-order chi connectivity index (χ1) is 5.49. The van der Waals surface area contributed by atoms with Crippen molar-refractivity contribution in [2.24, 2.45) is 0 Å². The van der Waals surface area contributed by atoms with E-state index in [-0.39, 0.29) is 11.3 Å². The van der Waals surface area contributed by atoms with Gasteiger partial charge in [0.2, 0.25) is 0 Å². The second kappa shape index (κ2) is 4.38. The third kappa shape index (κ3) is 3.05. The van der Waals surface area contributed by atoms with E-state index >= 15 is 0 Å². The van der Waals surface area contributed by atoms with E-state index in [1.54, 1.807) is 0 Å². The molecule has 0 atom stereocenters. The van der Waals surface area contributed by atoms with Crippen LogP contribution in [0, 0.1) is 0 Å². The highest BCUT2D eigenvalue weighted by atomic mass is 16.6. The second-order valence-corrected chi connectivity index (χ2v) is 2.13. The van der Waals surface area contributed by atoms with Crippen LogP contribution in [-0.2, 0) is 9.53 Å². The minimum Gasteiger partial charge on any atom is -0.478 e. The standard InChI is InChI=1S/C7H11NO4/c1-4(6(9)10)5(2)12-7(11)8-3/h1-3H3,(H,8,11)(H,9,10)/b5-4+. The van der Waals surface area contributed by atoms with E-state index in [0.29, 0.717) is 0 Å². The molecule has 0 aromatic carbocycles. The van der Waals surface area contributed by atoms with Crippen LogP contribution in [0.2, 0.25) is 0 Å². The molecule has 0 spiro atoms. The molecule has 68 valence electrons. The van der Waals surface area contributed by atoms with E-state index in [2.05, 4.69) is 10.1 Å². The average Bonchev–Trinajstić information content (AvgIpc) is 2.02. The Balaban J connectivity index is 4.37. The minimum atomic E-state index is -1.10. The summed E-state index contributed by atoms with van der Waals surface area (Å²) in [5.74, 6) is -1.02. The SMILES string of the molecule is CNC(=O)O/C(C)=C(\C)C(=O)O. The molecule has 0 aliphatic heterocycles. The third-order valence-corrected chi connectivity index (χ3v) is 1.30. The molecule has 0 aliphatic carbocycles. The van der Waals surface area contributed by atoms with Gasteiger partial charge in [-0.25, -0.2) is 9.59 Å². The maximum atomic E-state index is 10.6. The van der Waals surface area contributed by atoms with Gasteiger partial charge in [-0.3, -0.25) is 0 Å². The molecule has 0 unspecified atom stereocenters. The van der Waals surface area contributed by atoms with E-state index in [1.807, 2.05) is 0 Å². The minimum absolute atomic E-state index is 0.0126. The van der Waals surface area contributed by atoms with Gasteiger partial charge in [-0.05, 0) is 13.8 Å². The molecule has 0 bridgehead atoms. The zero-order chi connectivity index (χ0) is 9.72. The number of hydrogen-bond acceptors (Lipinski definition) is 3. The van der Waals surface area contributed by atoms with Crippen LogP contribution >= 0.6 is 0 Å². The summed E-state index contributed by atoms with van der Waals surface area (Å²) in [5.41, 5.74) is 0.0126. The Morgan fingerprint density at radius 1 is 1.33 bits per heavy atom. The summed E-state index contributed by atoms with van der Waals surface area (Å²) in [7, 11) is 1.39. The van der Waals surface area contributed by atoms with Gasteiger partial charge in [0.1, 0.15) is 5.76 Å². The van der Waals surface area contributed by atoms with Crippen LogP contribution in [0.5, 0.6) is 0 Å². The first-order valence-corrected chi connectivity index (χ1v) is 3.29. The van der Waals surface area contributed by atoms with Gasteiger partial charge >= 0.3 is 12.1 Å². The van der Waals surface area contributed by atoms with Crippen molar-refractivity contribution in [3.05, 3.63) is 11.3 Å². The molecule has 0 radical (unpaired) electrons. The number of carbonyl (C=O) groups is 2. The van der Waals surface area contributed by atoms with E-state index in [0.717, 1.165) is 0 Å². The van der Waals surface area contributed by atoms with Crippen molar-refractivity contribution in [2.45, 2.75) is 13.8 Å². The molecule has 12 heavy (non-hydrogen) atoms. The Labute approximate surface area is 70.0 Å². The molecule has 0 saturated carbocycles. The Morgan fingerprint density at radius 2 is 1.83 bits per heavy atom. The molecule has 0 aromatic rings. The van der Waals surface area contributed by atoms with E-state index in [4.69, 9.17) is 5.11 Å². The lowest BCUT2D eigenvalue weighted by molar-refractivity contribution is -0.132. The van der Waals surface area contributed by atoms with Crippen LogP contribution in [0.25, 0.3) is 0 Å². The van der Waals surface area contributed by atoms with Gasteiger partial charge in [0.15, 0.2) is 0 Å². The van der Waals surface area contributed by atoms with Crippen LogP contribution < -0.4 is 5.32 Å². The van der Waals surface area contributed by atoms with Gasteiger partial charge in [-0.2, -0.15) is 0 Å². The number of aliphatic carboxylic acids is 1. The van der Waals surface area contributed by atoms with Crippen molar-refractivity contribution in [3.63, 3.8) is 0 Å². The summed E-state index contributed by atoms with van der Waals surface area (Å²) in [6.07, 6.45) is -0.673. The number of carboxylic acid groups (broad SMARTS) is 1. The molecule has 5 nitrogen and oxygen atoms in total. The van der Waals surface area contributed by atoms with Crippen LogP contribution in [-0.4, -0.2) is 24.2 Å². The molecule has 0 fully saturated rings. The fourth-order valence-electron chi connectivity index (χ4n) is 0.417. The highest BCUT2D eigenvalue weighted by Gasteiger charge is 2.08. The first kappa shape index (κ1) is 10.5. The monoisotopic (exact) mass is 173 g/mol. The first-order valence-electron chi connectivity index (χ1n) is 3.29. The Hall–Kier alpha value is -1.52. The van der Waals surface area contributed by atoms with Gasteiger partial charge in [0.05, 0.1) is 5.57 Å². The lowest BCUT2D eigenvalue weighted by Crippen LogP contribution is -2.19. The number of amides is 1. The summed E-state index contributed by atoms with van der Waals surface area (Å²) in [5, 5.41) is 10.7. The van der Waals surface area contributed by atoms with E-state index < -0.39 is 12.1 Å². The quantitative estimate of drug-likeness (QED) is 0.476. The number of hydrogen-bond donors (Lipinski definition) is 2. The highest BCUT2D eigenvalue weighted by molar-refractivity contribution is 5.86. The molecule has 0 saturated heterocycles. The summed E-state index contributed by atoms with van der Waals surface area (Å²) >= 11 is 0. The Kier molecular flexibility index (Phi) is 3.82. The van der Waals surface area contributed by atoms with Gasteiger partial charge in [-0.15, -0.1) is 0 Å². The number of ether oxygens (including phenoxy) is 1. The summed E-state index contributed by atoms with van der Waals surface area (Å²) in [6.45, 7) is 2.78. The van der Waals surface area contributed by atoms with Crippen LogP contribution in [0.3, 0.4) is 0 Å². The molecule has 1 amide bonds. The van der Waals surface area contributed by atoms with Crippen molar-refractivity contribution in [1.82, 2.24) is 5.32 Å². The van der Waals surface area contributed by atoms with E-state index in [1.165, 1.54) is 20.9 Å². The number of carboxylic acids is 1. The largest absolute Gasteiger partial charge is 0.478 e. The molecule has 0 rings (SSSR count). The van der Waals surface area contributed by atoms with Crippen LogP contribution in [0.1, 0.15) is 13.8 Å². The number of nitrogens with one attached hydrogen (secondary N) is 1. The topological polar surface area (TPSA) is 75.6 Å². The normalized spacial score (nSPS) is 11.6. The molecule has 0 aliphatic rings. The van der Waals surface area contributed by atoms with Crippen LogP contribution in [0.4, 0.5) is 4.79 Å². The second-order valence-electron chi connectivity index (χ2n) is 2.13. The van der Waals surface area contributed by atoms with Gasteiger partial charge in [0.25, 0.3) is 0 Å². The predicted octanol–water partition coefficient (Wildman–Crippen LogP) is 0.721. The summed E-state index contributed by atoms with van der Waals surface area (Å²) in [4.78, 5) is 20.9. The number of carbonyl (C=O) groups excluding carboxylic acids is 1. The summed E-state index contributed by atoms with van der Waals surface area (Å²) in [6, 6.07) is 0. The maximum absolute atomic E-state index is 10.6. The van der Waals surface area contributed by atoms with Gasteiger partial charge in [0, 0.05) is 7.05 Å².